The molecule has 0 N–H and O–H groups in total. The van der Waals surface area contributed by atoms with Crippen LogP contribution in [0.4, 0.5) is 0 Å². The molecule has 0 radical (unpaired) electrons. The molecule has 0 atom stereocenters. The van der Waals surface area contributed by atoms with Gasteiger partial charge in [0.1, 0.15) is 0 Å². The van der Waals surface area contributed by atoms with Crippen molar-refractivity contribution in [2.75, 3.05) is 6.61 Å². The Bertz CT molecular complexity index is 465. The number of benzene rings is 1. The molecule has 0 spiro atoms. The lowest BCUT2D eigenvalue weighted by molar-refractivity contribution is -0.0937. The van der Waals surface area contributed by atoms with Gasteiger partial charge in [0.2, 0.25) is 0 Å². The standard InChI is InChI=1S/C19H31BO2/c1-6-7-8-9-10-16-11-13-17(14-12-16)20-21-15-18(2,3)19(4,5)22-20/h11-14H,6-10,15H2,1-5H3. The highest BCUT2D eigenvalue weighted by molar-refractivity contribution is 6.61. The van der Waals surface area contributed by atoms with Crippen molar-refractivity contribution in [2.45, 2.75) is 72.3 Å². The minimum atomic E-state index is -0.239. The minimum Gasteiger partial charge on any atom is -0.407 e. The molecule has 0 unspecified atom stereocenters. The monoisotopic (exact) mass is 302 g/mol. The summed E-state index contributed by atoms with van der Waals surface area (Å²) >= 11 is 0. The highest BCUT2D eigenvalue weighted by Gasteiger charge is 2.46. The van der Waals surface area contributed by atoms with Crippen molar-refractivity contribution < 1.29 is 9.31 Å². The van der Waals surface area contributed by atoms with E-state index in [1.165, 1.54) is 37.7 Å². The molecule has 0 aliphatic carbocycles. The first-order valence-electron chi connectivity index (χ1n) is 8.74. The van der Waals surface area contributed by atoms with E-state index in [2.05, 4.69) is 58.9 Å². The summed E-state index contributed by atoms with van der Waals surface area (Å²) in [6.07, 6.45) is 6.42. The molecule has 1 aliphatic heterocycles. The van der Waals surface area contributed by atoms with Crippen LogP contribution in [0.2, 0.25) is 0 Å². The third-order valence-electron chi connectivity index (χ3n) is 5.20. The van der Waals surface area contributed by atoms with E-state index in [0.717, 1.165) is 12.1 Å². The SMILES string of the molecule is CCCCCCc1ccc(B2OCC(C)(C)C(C)(C)O2)cc1. The smallest absolute Gasteiger partial charge is 0.407 e. The Morgan fingerprint density at radius 3 is 2.27 bits per heavy atom. The molecule has 1 heterocycles. The van der Waals surface area contributed by atoms with Crippen LogP contribution >= 0.6 is 0 Å². The Morgan fingerprint density at radius 2 is 1.68 bits per heavy atom. The van der Waals surface area contributed by atoms with Crippen LogP contribution in [0, 0.1) is 5.41 Å². The minimum absolute atomic E-state index is 0.0305. The Morgan fingerprint density at radius 1 is 1.00 bits per heavy atom. The largest absolute Gasteiger partial charge is 0.494 e. The summed E-state index contributed by atoms with van der Waals surface area (Å²) in [5.41, 5.74) is 2.38. The van der Waals surface area contributed by atoms with E-state index in [0.29, 0.717) is 0 Å². The van der Waals surface area contributed by atoms with Crippen LogP contribution in [0.3, 0.4) is 0 Å². The van der Waals surface area contributed by atoms with Crippen LogP contribution in [-0.4, -0.2) is 19.3 Å². The van der Waals surface area contributed by atoms with E-state index in [-0.39, 0.29) is 18.1 Å². The Hall–Kier alpha value is -0.795. The van der Waals surface area contributed by atoms with Gasteiger partial charge >= 0.3 is 7.12 Å². The van der Waals surface area contributed by atoms with E-state index in [9.17, 15) is 0 Å². The van der Waals surface area contributed by atoms with Crippen LogP contribution in [-0.2, 0) is 15.7 Å². The van der Waals surface area contributed by atoms with E-state index in [4.69, 9.17) is 9.31 Å². The average Bonchev–Trinajstić information content (AvgIpc) is 2.47. The molecule has 1 aromatic rings. The topological polar surface area (TPSA) is 18.5 Å². The number of hydrogen-bond acceptors (Lipinski definition) is 2. The predicted octanol–water partition coefficient (Wildman–Crippen LogP) is 4.36. The van der Waals surface area contributed by atoms with Gasteiger partial charge in [-0.05, 0) is 37.7 Å². The predicted molar refractivity (Wildman–Crippen MR) is 94.6 cm³/mol. The zero-order valence-electron chi connectivity index (χ0n) is 14.9. The fraction of sp³-hybridized carbons (Fsp3) is 0.684. The van der Waals surface area contributed by atoms with E-state index < -0.39 is 0 Å². The van der Waals surface area contributed by atoms with Crippen LogP contribution in [0.5, 0.6) is 0 Å². The second-order valence-electron chi connectivity index (χ2n) is 7.71. The number of hydrogen-bond donors (Lipinski definition) is 0. The third-order valence-corrected chi connectivity index (χ3v) is 5.20. The molecular formula is C19H31BO2. The normalized spacial score (nSPS) is 20.1. The lowest BCUT2D eigenvalue weighted by Crippen LogP contribution is -2.58. The van der Waals surface area contributed by atoms with Gasteiger partial charge in [-0.15, -0.1) is 0 Å². The van der Waals surface area contributed by atoms with Crippen LogP contribution in [0.1, 0.15) is 65.9 Å². The molecule has 0 amide bonds. The zero-order valence-corrected chi connectivity index (χ0v) is 14.9. The Labute approximate surface area is 136 Å². The molecule has 22 heavy (non-hydrogen) atoms. The molecule has 2 nitrogen and oxygen atoms in total. The van der Waals surface area contributed by atoms with Crippen molar-refractivity contribution in [3.8, 4) is 0 Å². The average molecular weight is 302 g/mol. The Kier molecular flexibility index (Phi) is 5.73. The quantitative estimate of drug-likeness (QED) is 0.574. The van der Waals surface area contributed by atoms with Crippen LogP contribution < -0.4 is 5.46 Å². The summed E-state index contributed by atoms with van der Waals surface area (Å²) in [6, 6.07) is 8.77. The molecule has 0 aromatic heterocycles. The summed E-state index contributed by atoms with van der Waals surface area (Å²) in [7, 11) is -0.239. The van der Waals surface area contributed by atoms with Crippen molar-refractivity contribution in [1.29, 1.82) is 0 Å². The lowest BCUT2D eigenvalue weighted by atomic mass is 9.69. The maximum Gasteiger partial charge on any atom is 0.494 e. The molecule has 1 aliphatic rings. The number of aryl methyl sites for hydroxylation is 1. The molecule has 1 aromatic carbocycles. The van der Waals surface area contributed by atoms with Crippen molar-refractivity contribution in [1.82, 2.24) is 0 Å². The first kappa shape index (κ1) is 17.6. The lowest BCUT2D eigenvalue weighted by Gasteiger charge is -2.47. The van der Waals surface area contributed by atoms with Crippen molar-refractivity contribution in [3.05, 3.63) is 29.8 Å². The molecule has 122 valence electrons. The number of rotatable bonds is 6. The van der Waals surface area contributed by atoms with Crippen molar-refractivity contribution in [3.63, 3.8) is 0 Å². The van der Waals surface area contributed by atoms with Gasteiger partial charge in [0.05, 0.1) is 5.60 Å². The van der Waals surface area contributed by atoms with Gasteiger partial charge in [0, 0.05) is 12.0 Å². The van der Waals surface area contributed by atoms with E-state index >= 15 is 0 Å². The van der Waals surface area contributed by atoms with Crippen LogP contribution in [0.15, 0.2) is 24.3 Å². The van der Waals surface area contributed by atoms with E-state index in [1.807, 2.05) is 0 Å². The third kappa shape index (κ3) is 4.14. The summed E-state index contributed by atoms with van der Waals surface area (Å²) in [6.45, 7) is 11.7. The molecule has 0 saturated carbocycles. The summed E-state index contributed by atoms with van der Waals surface area (Å²) in [5.74, 6) is 0. The van der Waals surface area contributed by atoms with Gasteiger partial charge in [0.25, 0.3) is 0 Å². The molecule has 1 saturated heterocycles. The summed E-state index contributed by atoms with van der Waals surface area (Å²) in [5, 5.41) is 0. The highest BCUT2D eigenvalue weighted by Crippen LogP contribution is 2.37. The van der Waals surface area contributed by atoms with Gasteiger partial charge in [-0.2, -0.15) is 0 Å². The zero-order chi connectivity index (χ0) is 16.2. The molecule has 3 heteroatoms. The second kappa shape index (κ2) is 7.19. The molecule has 0 bridgehead atoms. The molecule has 1 fully saturated rings. The fourth-order valence-corrected chi connectivity index (χ4v) is 2.68. The van der Waals surface area contributed by atoms with Crippen molar-refractivity contribution in [2.24, 2.45) is 5.41 Å². The first-order chi connectivity index (χ1) is 10.4. The van der Waals surface area contributed by atoms with Gasteiger partial charge in [-0.3, -0.25) is 0 Å². The second-order valence-corrected chi connectivity index (χ2v) is 7.71. The molecule has 2 rings (SSSR count). The number of unbranched alkanes of at least 4 members (excludes halogenated alkanes) is 3. The van der Waals surface area contributed by atoms with Crippen LogP contribution in [0.25, 0.3) is 0 Å². The Balaban J connectivity index is 1.94. The van der Waals surface area contributed by atoms with Gasteiger partial charge in [-0.25, -0.2) is 0 Å². The molecular weight excluding hydrogens is 271 g/mol. The maximum atomic E-state index is 6.21. The summed E-state index contributed by atoms with van der Waals surface area (Å²) in [4.78, 5) is 0. The summed E-state index contributed by atoms with van der Waals surface area (Å²) < 4.78 is 12.2. The van der Waals surface area contributed by atoms with Gasteiger partial charge < -0.3 is 9.31 Å². The van der Waals surface area contributed by atoms with Gasteiger partial charge in [-0.1, -0.05) is 64.3 Å². The van der Waals surface area contributed by atoms with Crippen molar-refractivity contribution >= 4 is 12.6 Å². The maximum absolute atomic E-state index is 6.21. The fourth-order valence-electron chi connectivity index (χ4n) is 2.68. The highest BCUT2D eigenvalue weighted by atomic mass is 16.6. The van der Waals surface area contributed by atoms with E-state index in [1.54, 1.807) is 0 Å². The first-order valence-corrected chi connectivity index (χ1v) is 8.74. The van der Waals surface area contributed by atoms with Gasteiger partial charge in [0.15, 0.2) is 0 Å².